The van der Waals surface area contributed by atoms with Crippen LogP contribution in [0.5, 0.6) is 0 Å². The fourth-order valence-corrected chi connectivity index (χ4v) is 3.66. The molecule has 0 unspecified atom stereocenters. The van der Waals surface area contributed by atoms with E-state index in [9.17, 15) is 9.59 Å². The lowest BCUT2D eigenvalue weighted by Gasteiger charge is -2.13. The van der Waals surface area contributed by atoms with Crippen LogP contribution >= 0.6 is 0 Å². The third kappa shape index (κ3) is 17.2. The van der Waals surface area contributed by atoms with Gasteiger partial charge in [0.25, 0.3) is 0 Å². The Labute approximate surface area is 216 Å². The SMILES string of the molecule is CC(C)CCCCCOC(=O)c1ccccc1C(=O)OCCCCCC(C)C.CCN(CC)CC. The molecule has 0 atom stereocenters. The molecule has 1 aromatic carbocycles. The van der Waals surface area contributed by atoms with Crippen molar-refractivity contribution in [1.29, 1.82) is 0 Å². The number of rotatable bonds is 17. The molecule has 0 fully saturated rings. The summed E-state index contributed by atoms with van der Waals surface area (Å²) in [5.41, 5.74) is 0.573. The second-order valence-corrected chi connectivity index (χ2v) is 9.92. The Balaban J connectivity index is 0.00000143. The fraction of sp³-hybridized carbons (Fsp3) is 0.733. The maximum absolute atomic E-state index is 12.4. The molecule has 0 aromatic heterocycles. The number of carbonyl (C=O) groups is 2. The number of benzene rings is 1. The molecule has 0 spiro atoms. The lowest BCUT2D eigenvalue weighted by atomic mass is 10.1. The number of ether oxygens (including phenoxy) is 2. The van der Waals surface area contributed by atoms with Crippen molar-refractivity contribution in [1.82, 2.24) is 4.90 Å². The molecule has 0 heterocycles. The van der Waals surface area contributed by atoms with Gasteiger partial charge in [0.15, 0.2) is 0 Å². The van der Waals surface area contributed by atoms with Crippen molar-refractivity contribution in [3.8, 4) is 0 Å². The molecule has 0 N–H and O–H groups in total. The zero-order chi connectivity index (χ0) is 26.5. The van der Waals surface area contributed by atoms with Crippen molar-refractivity contribution in [2.24, 2.45) is 11.8 Å². The van der Waals surface area contributed by atoms with Gasteiger partial charge >= 0.3 is 11.9 Å². The normalized spacial score (nSPS) is 10.9. The quantitative estimate of drug-likeness (QED) is 0.164. The van der Waals surface area contributed by atoms with Crippen molar-refractivity contribution in [2.45, 2.75) is 99.8 Å². The molecule has 5 heteroatoms. The summed E-state index contributed by atoms with van der Waals surface area (Å²) in [6.45, 7) is 19.7. The Bertz CT molecular complexity index is 612. The van der Waals surface area contributed by atoms with Crippen LogP contribution in [0.15, 0.2) is 24.3 Å². The van der Waals surface area contributed by atoms with Crippen molar-refractivity contribution in [3.05, 3.63) is 35.4 Å². The third-order valence-electron chi connectivity index (χ3n) is 6.03. The minimum atomic E-state index is -0.451. The Morgan fingerprint density at radius 2 is 1.03 bits per heavy atom. The number of nitrogens with zero attached hydrogens (tertiary/aromatic N) is 1. The first-order valence-corrected chi connectivity index (χ1v) is 13.9. The van der Waals surface area contributed by atoms with Gasteiger partial charge < -0.3 is 14.4 Å². The maximum atomic E-state index is 12.4. The van der Waals surface area contributed by atoms with Crippen molar-refractivity contribution in [2.75, 3.05) is 32.8 Å². The molecule has 0 aliphatic carbocycles. The van der Waals surface area contributed by atoms with Crippen LogP contribution < -0.4 is 0 Å². The van der Waals surface area contributed by atoms with E-state index in [-0.39, 0.29) is 11.1 Å². The number of hydrogen-bond acceptors (Lipinski definition) is 5. The standard InChI is InChI=1S/C24H38O4.C6H15N/c1-19(2)13-7-5-11-17-27-23(25)21-15-9-10-16-22(21)24(26)28-18-12-6-8-14-20(3)4;1-4-7(5-2)6-3/h9-10,15-16,19-20H,5-8,11-14,17-18H2,1-4H3;4-6H2,1-3H3. The lowest BCUT2D eigenvalue weighted by Crippen LogP contribution is -2.21. The summed E-state index contributed by atoms with van der Waals surface area (Å²) >= 11 is 0. The molecule has 0 radical (unpaired) electrons. The summed E-state index contributed by atoms with van der Waals surface area (Å²) < 4.78 is 10.7. The number of unbranched alkanes of at least 4 members (excludes halogenated alkanes) is 4. The minimum Gasteiger partial charge on any atom is -0.462 e. The molecule has 1 aromatic rings. The summed E-state index contributed by atoms with van der Waals surface area (Å²) in [7, 11) is 0. The molecule has 0 saturated heterocycles. The number of hydrogen-bond donors (Lipinski definition) is 0. The van der Waals surface area contributed by atoms with Crippen molar-refractivity contribution < 1.29 is 19.1 Å². The van der Waals surface area contributed by atoms with Gasteiger partial charge in [0.1, 0.15) is 0 Å². The van der Waals surface area contributed by atoms with Crippen LogP contribution in [-0.4, -0.2) is 49.7 Å². The van der Waals surface area contributed by atoms with Crippen molar-refractivity contribution >= 4 is 11.9 Å². The molecule has 0 aliphatic heterocycles. The smallest absolute Gasteiger partial charge is 0.339 e. The molecular formula is C30H53NO4. The van der Waals surface area contributed by atoms with Gasteiger partial charge in [0, 0.05) is 0 Å². The van der Waals surface area contributed by atoms with Gasteiger partial charge in [-0.05, 0) is 56.4 Å². The molecule has 0 amide bonds. The molecule has 202 valence electrons. The fourth-order valence-electron chi connectivity index (χ4n) is 3.66. The first-order valence-electron chi connectivity index (χ1n) is 13.9. The first-order chi connectivity index (χ1) is 16.8. The average molecular weight is 492 g/mol. The summed E-state index contributed by atoms with van der Waals surface area (Å²) in [6, 6.07) is 6.73. The van der Waals surface area contributed by atoms with Gasteiger partial charge in [-0.1, -0.05) is 99.1 Å². The molecule has 0 saturated carbocycles. The molecule has 5 nitrogen and oxygen atoms in total. The van der Waals surface area contributed by atoms with Crippen LogP contribution in [0.4, 0.5) is 0 Å². The van der Waals surface area contributed by atoms with Crippen molar-refractivity contribution in [3.63, 3.8) is 0 Å². The minimum absolute atomic E-state index is 0.287. The summed E-state index contributed by atoms with van der Waals surface area (Å²) in [5.74, 6) is 0.507. The Hall–Kier alpha value is -1.88. The summed E-state index contributed by atoms with van der Waals surface area (Å²) in [5, 5.41) is 0. The predicted octanol–water partition coefficient (Wildman–Crippen LogP) is 7.78. The lowest BCUT2D eigenvalue weighted by molar-refractivity contribution is 0.0450. The molecular weight excluding hydrogens is 438 g/mol. The van der Waals surface area contributed by atoms with E-state index in [1.807, 2.05) is 0 Å². The molecule has 1 rings (SSSR count). The number of carbonyl (C=O) groups excluding carboxylic acids is 2. The third-order valence-corrected chi connectivity index (χ3v) is 6.03. The van der Waals surface area contributed by atoms with Gasteiger partial charge in [0.2, 0.25) is 0 Å². The Morgan fingerprint density at radius 3 is 1.31 bits per heavy atom. The predicted molar refractivity (Wildman–Crippen MR) is 147 cm³/mol. The number of esters is 2. The molecule has 0 bridgehead atoms. The van der Waals surface area contributed by atoms with Crippen LogP contribution in [0, 0.1) is 11.8 Å². The topological polar surface area (TPSA) is 55.8 Å². The Kier molecular flexibility index (Phi) is 20.3. The highest BCUT2D eigenvalue weighted by atomic mass is 16.5. The second-order valence-electron chi connectivity index (χ2n) is 9.92. The highest BCUT2D eigenvalue weighted by Gasteiger charge is 2.18. The van der Waals surface area contributed by atoms with Crippen LogP contribution in [0.25, 0.3) is 0 Å². The van der Waals surface area contributed by atoms with Gasteiger partial charge in [-0.25, -0.2) is 9.59 Å². The van der Waals surface area contributed by atoms with Crippen LogP contribution in [0.3, 0.4) is 0 Å². The maximum Gasteiger partial charge on any atom is 0.339 e. The van der Waals surface area contributed by atoms with E-state index in [2.05, 4.69) is 53.4 Å². The monoisotopic (exact) mass is 491 g/mol. The van der Waals surface area contributed by atoms with E-state index in [4.69, 9.17) is 9.47 Å². The van der Waals surface area contributed by atoms with Crippen LogP contribution in [0.2, 0.25) is 0 Å². The summed E-state index contributed by atoms with van der Waals surface area (Å²) in [6.07, 6.45) is 8.48. The van der Waals surface area contributed by atoms with Gasteiger partial charge in [-0.2, -0.15) is 0 Å². The second kappa shape index (κ2) is 21.4. The van der Waals surface area contributed by atoms with E-state index in [0.29, 0.717) is 25.0 Å². The average Bonchev–Trinajstić information content (AvgIpc) is 2.84. The zero-order valence-electron chi connectivity index (χ0n) is 23.7. The van der Waals surface area contributed by atoms with Gasteiger partial charge in [-0.3, -0.25) is 0 Å². The molecule has 0 aliphatic rings. The van der Waals surface area contributed by atoms with E-state index in [1.165, 1.54) is 32.5 Å². The van der Waals surface area contributed by atoms with Gasteiger partial charge in [0.05, 0.1) is 24.3 Å². The van der Waals surface area contributed by atoms with E-state index in [0.717, 1.165) is 38.5 Å². The van der Waals surface area contributed by atoms with Crippen LogP contribution in [0.1, 0.15) is 121 Å². The Morgan fingerprint density at radius 1 is 0.657 bits per heavy atom. The highest BCUT2D eigenvalue weighted by Crippen LogP contribution is 2.14. The van der Waals surface area contributed by atoms with Crippen LogP contribution in [-0.2, 0) is 9.47 Å². The zero-order valence-corrected chi connectivity index (χ0v) is 23.7. The van der Waals surface area contributed by atoms with E-state index in [1.54, 1.807) is 24.3 Å². The molecule has 35 heavy (non-hydrogen) atoms. The van der Waals surface area contributed by atoms with Gasteiger partial charge in [-0.15, -0.1) is 0 Å². The first kappa shape index (κ1) is 33.1. The van der Waals surface area contributed by atoms with E-state index >= 15 is 0 Å². The highest BCUT2D eigenvalue weighted by molar-refractivity contribution is 6.03. The van der Waals surface area contributed by atoms with E-state index < -0.39 is 11.9 Å². The largest absolute Gasteiger partial charge is 0.462 e. The summed E-state index contributed by atoms with van der Waals surface area (Å²) in [4.78, 5) is 27.1.